The van der Waals surface area contributed by atoms with Crippen LogP contribution in [0.15, 0.2) is 60.9 Å². The van der Waals surface area contributed by atoms with Crippen LogP contribution in [0.4, 0.5) is 0 Å². The van der Waals surface area contributed by atoms with E-state index in [1.54, 1.807) is 17.3 Å². The molecule has 1 amide bonds. The van der Waals surface area contributed by atoms with E-state index in [9.17, 15) is 4.79 Å². The molecule has 0 bridgehead atoms. The molecule has 31 heavy (non-hydrogen) atoms. The summed E-state index contributed by atoms with van der Waals surface area (Å²) in [6.07, 6.45) is 3.36. The summed E-state index contributed by atoms with van der Waals surface area (Å²) in [5, 5.41) is 8.70. The summed E-state index contributed by atoms with van der Waals surface area (Å²) in [4.78, 5) is 28.6. The van der Waals surface area contributed by atoms with E-state index in [4.69, 9.17) is 0 Å². The Bertz CT molecular complexity index is 1240. The monoisotopic (exact) mass is 411 g/mol. The van der Waals surface area contributed by atoms with Gasteiger partial charge in [-0.05, 0) is 26.0 Å². The third-order valence-electron chi connectivity index (χ3n) is 5.39. The Morgan fingerprint density at radius 3 is 2.61 bits per heavy atom. The van der Waals surface area contributed by atoms with Gasteiger partial charge >= 0.3 is 0 Å². The number of carbonyl (C=O) groups is 1. The predicted molar refractivity (Wildman–Crippen MR) is 115 cm³/mol. The molecule has 5 rings (SSSR count). The maximum Gasteiger partial charge on any atom is 0.258 e. The summed E-state index contributed by atoms with van der Waals surface area (Å²) in [6, 6.07) is 15.4. The van der Waals surface area contributed by atoms with E-state index in [1.807, 2.05) is 55.5 Å². The van der Waals surface area contributed by atoms with Gasteiger partial charge in [0.05, 0.1) is 23.8 Å². The summed E-state index contributed by atoms with van der Waals surface area (Å²) in [5.41, 5.74) is 2.79. The number of carbonyl (C=O) groups excluding carboxylic acids is 1. The Morgan fingerprint density at radius 2 is 1.84 bits per heavy atom. The van der Waals surface area contributed by atoms with Gasteiger partial charge < -0.3 is 9.47 Å². The molecule has 0 aliphatic carbocycles. The lowest BCUT2D eigenvalue weighted by Crippen LogP contribution is -2.40. The van der Waals surface area contributed by atoms with E-state index in [0.29, 0.717) is 30.2 Å². The second-order valence-corrected chi connectivity index (χ2v) is 7.61. The van der Waals surface area contributed by atoms with Gasteiger partial charge in [-0.2, -0.15) is 0 Å². The average Bonchev–Trinajstić information content (AvgIpc) is 3.24. The molecule has 0 fully saturated rings. The van der Waals surface area contributed by atoms with Gasteiger partial charge in [0.25, 0.3) is 5.91 Å². The molecule has 8 nitrogen and oxygen atoms in total. The van der Waals surface area contributed by atoms with Gasteiger partial charge in [-0.15, -0.1) is 10.2 Å². The van der Waals surface area contributed by atoms with Crippen LogP contribution in [0.5, 0.6) is 0 Å². The van der Waals surface area contributed by atoms with Crippen molar-refractivity contribution in [1.29, 1.82) is 0 Å². The Morgan fingerprint density at radius 1 is 1.03 bits per heavy atom. The molecule has 1 aliphatic heterocycles. The Kier molecular flexibility index (Phi) is 4.74. The fourth-order valence-electron chi connectivity index (χ4n) is 3.97. The molecule has 1 atom stereocenters. The Labute approximate surface area is 179 Å². The van der Waals surface area contributed by atoms with E-state index in [2.05, 4.69) is 36.6 Å². The zero-order valence-corrected chi connectivity index (χ0v) is 17.3. The third-order valence-corrected chi connectivity index (χ3v) is 5.39. The topological polar surface area (TPSA) is 89.7 Å². The van der Waals surface area contributed by atoms with Crippen LogP contribution >= 0.6 is 0 Å². The molecule has 8 heteroatoms. The van der Waals surface area contributed by atoms with Crippen molar-refractivity contribution in [1.82, 2.24) is 34.6 Å². The van der Waals surface area contributed by atoms with Crippen LogP contribution in [0.25, 0.3) is 22.8 Å². The van der Waals surface area contributed by atoms with Gasteiger partial charge in [-0.3, -0.25) is 9.78 Å². The maximum absolute atomic E-state index is 13.5. The molecule has 4 heterocycles. The van der Waals surface area contributed by atoms with Crippen molar-refractivity contribution in [3.05, 3.63) is 78.1 Å². The molecule has 0 radical (unpaired) electrons. The van der Waals surface area contributed by atoms with Gasteiger partial charge in [0, 0.05) is 24.5 Å². The second kappa shape index (κ2) is 7.71. The number of aromatic nitrogens is 6. The lowest BCUT2D eigenvalue weighted by Gasteiger charge is -2.32. The van der Waals surface area contributed by atoms with E-state index in [1.165, 1.54) is 0 Å². The fraction of sp³-hybridized carbons (Fsp3) is 0.217. The molecule has 0 saturated carbocycles. The van der Waals surface area contributed by atoms with Crippen LogP contribution in [0.1, 0.15) is 35.0 Å². The molecular formula is C23H21N7O. The summed E-state index contributed by atoms with van der Waals surface area (Å²) < 4.78 is 2.07. The summed E-state index contributed by atoms with van der Waals surface area (Å²) in [6.45, 7) is 4.78. The highest BCUT2D eigenvalue weighted by Crippen LogP contribution is 2.29. The Balaban J connectivity index is 1.49. The number of benzene rings is 1. The number of rotatable bonds is 3. The molecule has 0 N–H and O–H groups in total. The molecule has 4 aromatic rings. The van der Waals surface area contributed by atoms with Crippen molar-refractivity contribution < 1.29 is 4.79 Å². The number of aryl methyl sites for hydroxylation is 1. The average molecular weight is 411 g/mol. The minimum atomic E-state index is -0.112. The number of amides is 1. The smallest absolute Gasteiger partial charge is 0.258 e. The van der Waals surface area contributed by atoms with Crippen LogP contribution in [-0.2, 0) is 6.54 Å². The lowest BCUT2D eigenvalue weighted by molar-refractivity contribution is 0.0682. The first kappa shape index (κ1) is 19.0. The number of hydrogen-bond acceptors (Lipinski definition) is 6. The summed E-state index contributed by atoms with van der Waals surface area (Å²) in [5.74, 6) is 1.97. The minimum absolute atomic E-state index is 0.00579. The first-order valence-corrected chi connectivity index (χ1v) is 10.2. The normalized spacial score (nSPS) is 15.5. The predicted octanol–water partition coefficient (Wildman–Crippen LogP) is 3.32. The summed E-state index contributed by atoms with van der Waals surface area (Å²) >= 11 is 0. The van der Waals surface area contributed by atoms with Crippen LogP contribution in [0, 0.1) is 6.92 Å². The largest absolute Gasteiger partial charge is 0.329 e. The van der Waals surface area contributed by atoms with Crippen LogP contribution in [-0.4, -0.2) is 47.1 Å². The van der Waals surface area contributed by atoms with E-state index >= 15 is 0 Å². The van der Waals surface area contributed by atoms with Crippen molar-refractivity contribution in [2.24, 2.45) is 0 Å². The lowest BCUT2D eigenvalue weighted by atomic mass is 10.1. The van der Waals surface area contributed by atoms with Gasteiger partial charge in [0.1, 0.15) is 11.5 Å². The quantitative estimate of drug-likeness (QED) is 0.514. The molecule has 3 aromatic heterocycles. The van der Waals surface area contributed by atoms with Crippen LogP contribution in [0.3, 0.4) is 0 Å². The molecular weight excluding hydrogens is 390 g/mol. The molecule has 0 saturated heterocycles. The highest BCUT2D eigenvalue weighted by Gasteiger charge is 2.31. The summed E-state index contributed by atoms with van der Waals surface area (Å²) in [7, 11) is 0. The van der Waals surface area contributed by atoms with Crippen LogP contribution < -0.4 is 0 Å². The number of nitrogens with zero attached hydrogens (tertiary/aromatic N) is 7. The van der Waals surface area contributed by atoms with E-state index in [-0.39, 0.29) is 11.9 Å². The molecule has 1 aliphatic rings. The number of hydrogen-bond donors (Lipinski definition) is 0. The third kappa shape index (κ3) is 3.46. The van der Waals surface area contributed by atoms with E-state index < -0.39 is 0 Å². The number of pyridine rings is 1. The van der Waals surface area contributed by atoms with Crippen molar-refractivity contribution in [2.45, 2.75) is 26.4 Å². The number of fused-ring (bicyclic) bond motifs is 1. The maximum atomic E-state index is 13.5. The van der Waals surface area contributed by atoms with Gasteiger partial charge in [-0.1, -0.05) is 36.4 Å². The highest BCUT2D eigenvalue weighted by molar-refractivity contribution is 5.99. The fourth-order valence-corrected chi connectivity index (χ4v) is 3.97. The van der Waals surface area contributed by atoms with Gasteiger partial charge in [-0.25, -0.2) is 9.97 Å². The highest BCUT2D eigenvalue weighted by atomic mass is 16.2. The van der Waals surface area contributed by atoms with Gasteiger partial charge in [0.2, 0.25) is 0 Å². The first-order chi connectivity index (χ1) is 15.1. The molecule has 0 spiro atoms. The van der Waals surface area contributed by atoms with Crippen molar-refractivity contribution in [3.8, 4) is 22.8 Å². The van der Waals surface area contributed by atoms with Gasteiger partial charge in [0.15, 0.2) is 11.6 Å². The zero-order valence-electron chi connectivity index (χ0n) is 17.3. The molecule has 1 aromatic carbocycles. The second-order valence-electron chi connectivity index (χ2n) is 7.61. The first-order valence-electron chi connectivity index (χ1n) is 10.2. The standard InChI is InChI=1S/C23H21N7O/c1-15-13-29(14-20-27-28-22(30(15)20)19-10-6-7-11-24-19)23(31)18-12-25-16(2)26-21(18)17-8-4-3-5-9-17/h3-12,15H,13-14H2,1-2H3/t15-/m0/s1. The van der Waals surface area contributed by atoms with E-state index in [0.717, 1.165) is 22.9 Å². The SMILES string of the molecule is Cc1ncc(C(=O)N2Cc3nnc(-c4ccccn4)n3[C@@H](C)C2)c(-c2ccccc2)n1. The van der Waals surface area contributed by atoms with Crippen molar-refractivity contribution in [2.75, 3.05) is 6.54 Å². The zero-order chi connectivity index (χ0) is 21.4. The Hall–Kier alpha value is -3.94. The molecule has 154 valence electrons. The van der Waals surface area contributed by atoms with Crippen molar-refractivity contribution >= 4 is 5.91 Å². The minimum Gasteiger partial charge on any atom is -0.329 e. The molecule has 0 unspecified atom stereocenters. The van der Waals surface area contributed by atoms with Crippen LogP contribution in [0.2, 0.25) is 0 Å². The van der Waals surface area contributed by atoms with Crippen molar-refractivity contribution in [3.63, 3.8) is 0 Å².